The summed E-state index contributed by atoms with van der Waals surface area (Å²) in [6, 6.07) is 7.59. The van der Waals surface area contributed by atoms with Gasteiger partial charge >= 0.3 is 0 Å². The minimum Gasteiger partial charge on any atom is -0.461 e. The van der Waals surface area contributed by atoms with Crippen LogP contribution < -0.4 is 0 Å². The number of hydrogen-bond acceptors (Lipinski definition) is 2. The van der Waals surface area contributed by atoms with Crippen LogP contribution in [-0.4, -0.2) is 11.2 Å². The molecule has 84 valence electrons. The highest BCUT2D eigenvalue weighted by atomic mass is 35.5. The zero-order chi connectivity index (χ0) is 11.1. The van der Waals surface area contributed by atoms with Crippen molar-refractivity contribution in [2.24, 2.45) is 0 Å². The molecule has 2 nitrogen and oxygen atoms in total. The molecule has 1 heterocycles. The van der Waals surface area contributed by atoms with Crippen LogP contribution in [0.1, 0.15) is 30.9 Å². The van der Waals surface area contributed by atoms with Crippen LogP contribution in [0.4, 0.5) is 0 Å². The first-order valence-electron chi connectivity index (χ1n) is 5.61. The first-order chi connectivity index (χ1) is 7.74. The smallest absolute Gasteiger partial charge is 0.134 e. The Balaban J connectivity index is 2.04. The van der Waals surface area contributed by atoms with Crippen LogP contribution in [0.3, 0.4) is 0 Å². The Hall–Kier alpha value is -0.990. The van der Waals surface area contributed by atoms with Crippen molar-refractivity contribution in [1.82, 2.24) is 0 Å². The van der Waals surface area contributed by atoms with E-state index in [1.807, 2.05) is 24.3 Å². The van der Waals surface area contributed by atoms with Crippen molar-refractivity contribution in [1.29, 1.82) is 0 Å². The van der Waals surface area contributed by atoms with Crippen molar-refractivity contribution in [3.05, 3.63) is 35.0 Å². The number of hydrogen-bond donors (Lipinski definition) is 1. The molecule has 0 spiro atoms. The van der Waals surface area contributed by atoms with E-state index in [2.05, 4.69) is 0 Å². The Morgan fingerprint density at radius 3 is 2.88 bits per heavy atom. The normalized spacial score (nSPS) is 25.4. The molecular weight excluding hydrogens is 224 g/mol. The van der Waals surface area contributed by atoms with Gasteiger partial charge in [-0.25, -0.2) is 0 Å². The van der Waals surface area contributed by atoms with E-state index in [0.717, 1.165) is 36.0 Å². The summed E-state index contributed by atoms with van der Waals surface area (Å²) < 4.78 is 5.76. The average Bonchev–Trinajstić information content (AvgIpc) is 2.82. The van der Waals surface area contributed by atoms with Gasteiger partial charge in [-0.1, -0.05) is 18.0 Å². The molecule has 3 heteroatoms. The Labute approximate surface area is 98.8 Å². The monoisotopic (exact) mass is 236 g/mol. The third-order valence-electron chi connectivity index (χ3n) is 3.34. The molecular formula is C13H13ClO2. The number of aliphatic hydroxyl groups is 1. The summed E-state index contributed by atoms with van der Waals surface area (Å²) in [5.41, 5.74) is 0.846. The zero-order valence-corrected chi connectivity index (χ0v) is 9.57. The van der Waals surface area contributed by atoms with Gasteiger partial charge in [-0.2, -0.15) is 0 Å². The van der Waals surface area contributed by atoms with Crippen LogP contribution in [0.25, 0.3) is 11.0 Å². The standard InChI is InChI=1S/C13H13ClO2/c14-9-4-5-12-8(6-9)7-13(16-12)10-2-1-3-11(10)15/h4-7,10-11,15H,1-3H2. The van der Waals surface area contributed by atoms with Gasteiger partial charge in [-0.05, 0) is 37.1 Å². The van der Waals surface area contributed by atoms with Gasteiger partial charge in [0.15, 0.2) is 0 Å². The highest BCUT2D eigenvalue weighted by Gasteiger charge is 2.29. The van der Waals surface area contributed by atoms with E-state index in [1.165, 1.54) is 0 Å². The molecule has 2 unspecified atom stereocenters. The molecule has 0 radical (unpaired) electrons. The number of rotatable bonds is 1. The number of benzene rings is 1. The third-order valence-corrected chi connectivity index (χ3v) is 3.58. The summed E-state index contributed by atoms with van der Waals surface area (Å²) in [6.45, 7) is 0. The molecule has 0 bridgehead atoms. The van der Waals surface area contributed by atoms with Crippen LogP contribution in [0.15, 0.2) is 28.7 Å². The zero-order valence-electron chi connectivity index (χ0n) is 8.82. The lowest BCUT2D eigenvalue weighted by Gasteiger charge is -2.10. The van der Waals surface area contributed by atoms with Crippen LogP contribution in [0.5, 0.6) is 0 Å². The molecule has 1 aromatic heterocycles. The highest BCUT2D eigenvalue weighted by Crippen LogP contribution is 2.37. The summed E-state index contributed by atoms with van der Waals surface area (Å²) in [6.07, 6.45) is 2.71. The number of furan rings is 1. The van der Waals surface area contributed by atoms with Crippen LogP contribution in [-0.2, 0) is 0 Å². The minimum absolute atomic E-state index is 0.158. The van der Waals surface area contributed by atoms with Crippen molar-refractivity contribution in [3.8, 4) is 0 Å². The summed E-state index contributed by atoms with van der Waals surface area (Å²) in [4.78, 5) is 0. The fourth-order valence-corrected chi connectivity index (χ4v) is 2.67. The maximum atomic E-state index is 9.84. The van der Waals surface area contributed by atoms with Gasteiger partial charge in [0.25, 0.3) is 0 Å². The van der Waals surface area contributed by atoms with Crippen molar-refractivity contribution in [2.75, 3.05) is 0 Å². The van der Waals surface area contributed by atoms with E-state index in [4.69, 9.17) is 16.0 Å². The van der Waals surface area contributed by atoms with Gasteiger partial charge in [0, 0.05) is 16.3 Å². The molecule has 2 atom stereocenters. The van der Waals surface area contributed by atoms with E-state index in [1.54, 1.807) is 0 Å². The molecule has 16 heavy (non-hydrogen) atoms. The lowest BCUT2D eigenvalue weighted by molar-refractivity contribution is 0.155. The van der Waals surface area contributed by atoms with Gasteiger partial charge in [0.1, 0.15) is 11.3 Å². The van der Waals surface area contributed by atoms with E-state index in [-0.39, 0.29) is 12.0 Å². The molecule has 2 aromatic rings. The van der Waals surface area contributed by atoms with Crippen LogP contribution in [0.2, 0.25) is 5.02 Å². The van der Waals surface area contributed by atoms with Gasteiger partial charge in [0.2, 0.25) is 0 Å². The van der Waals surface area contributed by atoms with Gasteiger partial charge in [0.05, 0.1) is 6.10 Å². The molecule has 3 rings (SSSR count). The lowest BCUT2D eigenvalue weighted by atomic mass is 10.0. The van der Waals surface area contributed by atoms with Gasteiger partial charge < -0.3 is 9.52 Å². The van der Waals surface area contributed by atoms with Gasteiger partial charge in [-0.3, -0.25) is 0 Å². The van der Waals surface area contributed by atoms with Crippen molar-refractivity contribution < 1.29 is 9.52 Å². The Bertz CT molecular complexity index is 518. The Morgan fingerprint density at radius 1 is 1.25 bits per heavy atom. The second-order valence-corrected chi connectivity index (χ2v) is 4.87. The van der Waals surface area contributed by atoms with E-state index in [9.17, 15) is 5.11 Å². The quantitative estimate of drug-likeness (QED) is 0.819. The molecule has 1 saturated carbocycles. The SMILES string of the molecule is OC1CCCC1c1cc2cc(Cl)ccc2o1. The summed E-state index contributed by atoms with van der Waals surface area (Å²) in [5, 5.41) is 11.6. The lowest BCUT2D eigenvalue weighted by Crippen LogP contribution is -2.09. The molecule has 1 N–H and O–H groups in total. The number of halogens is 1. The van der Waals surface area contributed by atoms with Crippen LogP contribution in [0, 0.1) is 0 Å². The average molecular weight is 237 g/mol. The molecule has 1 aliphatic rings. The molecule has 0 saturated heterocycles. The Kier molecular flexibility index (Phi) is 2.41. The fourth-order valence-electron chi connectivity index (χ4n) is 2.49. The van der Waals surface area contributed by atoms with E-state index >= 15 is 0 Å². The maximum Gasteiger partial charge on any atom is 0.134 e. The van der Waals surface area contributed by atoms with Crippen LogP contribution >= 0.6 is 11.6 Å². The first kappa shape index (κ1) is 10.2. The van der Waals surface area contributed by atoms with E-state index < -0.39 is 0 Å². The van der Waals surface area contributed by atoms with Gasteiger partial charge in [-0.15, -0.1) is 0 Å². The molecule has 1 aliphatic carbocycles. The van der Waals surface area contributed by atoms with Crippen molar-refractivity contribution in [2.45, 2.75) is 31.3 Å². The van der Waals surface area contributed by atoms with E-state index in [0.29, 0.717) is 5.02 Å². The second kappa shape index (κ2) is 3.79. The summed E-state index contributed by atoms with van der Waals surface area (Å²) >= 11 is 5.93. The molecule has 0 amide bonds. The highest BCUT2D eigenvalue weighted by molar-refractivity contribution is 6.31. The third kappa shape index (κ3) is 1.62. The van der Waals surface area contributed by atoms with Crippen molar-refractivity contribution >= 4 is 22.6 Å². The Morgan fingerprint density at radius 2 is 2.12 bits per heavy atom. The summed E-state index contributed by atoms with van der Waals surface area (Å²) in [5.74, 6) is 1.05. The topological polar surface area (TPSA) is 33.4 Å². The number of aliphatic hydroxyl groups excluding tert-OH is 1. The number of fused-ring (bicyclic) bond motifs is 1. The molecule has 1 aromatic carbocycles. The maximum absolute atomic E-state index is 9.84. The summed E-state index contributed by atoms with van der Waals surface area (Å²) in [7, 11) is 0. The fraction of sp³-hybridized carbons (Fsp3) is 0.385. The predicted octanol–water partition coefficient (Wildman–Crippen LogP) is 3.71. The molecule has 1 fully saturated rings. The largest absolute Gasteiger partial charge is 0.461 e. The minimum atomic E-state index is -0.254. The van der Waals surface area contributed by atoms with Crippen molar-refractivity contribution in [3.63, 3.8) is 0 Å². The molecule has 0 aliphatic heterocycles. The second-order valence-electron chi connectivity index (χ2n) is 4.44. The first-order valence-corrected chi connectivity index (χ1v) is 5.99. The predicted molar refractivity (Wildman–Crippen MR) is 63.8 cm³/mol.